The van der Waals surface area contributed by atoms with Crippen LogP contribution in [0.4, 0.5) is 19.0 Å². The summed E-state index contributed by atoms with van der Waals surface area (Å²) >= 11 is 0. The van der Waals surface area contributed by atoms with Crippen molar-refractivity contribution in [1.29, 1.82) is 0 Å². The zero-order valence-electron chi connectivity index (χ0n) is 16.2. The molecule has 0 amide bonds. The number of hydrogen-bond acceptors (Lipinski definition) is 5. The number of anilines is 1. The Morgan fingerprint density at radius 1 is 1.28 bits per heavy atom. The SMILES string of the molecule is CC(=O)O.CC1CN(c2ccc(C(F)(F)F)c(OCc3ccccc3)n2)CCN1. The number of nitrogens with one attached hydrogen (secondary N) is 1. The van der Waals surface area contributed by atoms with E-state index in [1.54, 1.807) is 12.1 Å². The third-order valence-corrected chi connectivity index (χ3v) is 4.06. The van der Waals surface area contributed by atoms with Gasteiger partial charge in [-0.3, -0.25) is 4.79 Å². The molecule has 6 nitrogen and oxygen atoms in total. The van der Waals surface area contributed by atoms with E-state index in [2.05, 4.69) is 10.3 Å². The normalized spacial score (nSPS) is 16.6. The van der Waals surface area contributed by atoms with Crippen LogP contribution in [0.15, 0.2) is 42.5 Å². The van der Waals surface area contributed by atoms with Gasteiger partial charge in [0, 0.05) is 32.6 Å². The minimum Gasteiger partial charge on any atom is -0.481 e. The largest absolute Gasteiger partial charge is 0.481 e. The number of benzene rings is 1. The Bertz CT molecular complexity index is 797. The van der Waals surface area contributed by atoms with Crippen molar-refractivity contribution < 1.29 is 27.8 Å². The van der Waals surface area contributed by atoms with Gasteiger partial charge in [-0.05, 0) is 24.6 Å². The lowest BCUT2D eigenvalue weighted by molar-refractivity contribution is -0.139. The fourth-order valence-electron chi connectivity index (χ4n) is 2.80. The topological polar surface area (TPSA) is 74.7 Å². The van der Waals surface area contributed by atoms with E-state index >= 15 is 0 Å². The maximum Gasteiger partial charge on any atom is 0.421 e. The number of ether oxygens (including phenoxy) is 1. The Labute approximate surface area is 167 Å². The van der Waals surface area contributed by atoms with Crippen molar-refractivity contribution in [3.05, 3.63) is 53.6 Å². The summed E-state index contributed by atoms with van der Waals surface area (Å²) < 4.78 is 45.2. The van der Waals surface area contributed by atoms with Crippen LogP contribution in [-0.4, -0.2) is 41.7 Å². The van der Waals surface area contributed by atoms with Crippen LogP contribution >= 0.6 is 0 Å². The molecule has 3 rings (SSSR count). The summed E-state index contributed by atoms with van der Waals surface area (Å²) in [4.78, 5) is 15.1. The summed E-state index contributed by atoms with van der Waals surface area (Å²) in [6.45, 7) is 5.31. The lowest BCUT2D eigenvalue weighted by atomic mass is 10.2. The van der Waals surface area contributed by atoms with Crippen molar-refractivity contribution in [2.75, 3.05) is 24.5 Å². The zero-order chi connectivity index (χ0) is 21.4. The molecule has 1 aromatic heterocycles. The van der Waals surface area contributed by atoms with Crippen LogP contribution in [0.3, 0.4) is 0 Å². The number of carboxylic acid groups (broad SMARTS) is 1. The average molecular weight is 411 g/mol. The Morgan fingerprint density at radius 2 is 1.93 bits per heavy atom. The molecule has 1 aliphatic heterocycles. The van der Waals surface area contributed by atoms with Crippen LogP contribution in [0.1, 0.15) is 25.0 Å². The molecular formula is C20H24F3N3O3. The smallest absolute Gasteiger partial charge is 0.421 e. The van der Waals surface area contributed by atoms with Crippen LogP contribution in [0.25, 0.3) is 0 Å². The number of aliphatic carboxylic acids is 1. The van der Waals surface area contributed by atoms with Crippen molar-refractivity contribution in [3.8, 4) is 5.88 Å². The second-order valence-electron chi connectivity index (χ2n) is 6.61. The van der Waals surface area contributed by atoms with E-state index in [0.717, 1.165) is 25.1 Å². The Balaban J connectivity index is 0.000000687. The highest BCUT2D eigenvalue weighted by Gasteiger charge is 2.36. The maximum absolute atomic E-state index is 13.3. The fraction of sp³-hybridized carbons (Fsp3) is 0.400. The van der Waals surface area contributed by atoms with E-state index in [1.807, 2.05) is 30.0 Å². The second-order valence-corrected chi connectivity index (χ2v) is 6.61. The van der Waals surface area contributed by atoms with E-state index in [-0.39, 0.29) is 18.5 Å². The monoisotopic (exact) mass is 411 g/mol. The average Bonchev–Trinajstić information content (AvgIpc) is 2.66. The summed E-state index contributed by atoms with van der Waals surface area (Å²) in [5.41, 5.74) is -0.0611. The van der Waals surface area contributed by atoms with Gasteiger partial charge in [-0.2, -0.15) is 18.2 Å². The van der Waals surface area contributed by atoms with E-state index in [9.17, 15) is 13.2 Å². The minimum atomic E-state index is -4.51. The number of alkyl halides is 3. The highest BCUT2D eigenvalue weighted by atomic mass is 19.4. The Hall–Kier alpha value is -2.81. The summed E-state index contributed by atoms with van der Waals surface area (Å²) in [6, 6.07) is 11.8. The quantitative estimate of drug-likeness (QED) is 0.801. The van der Waals surface area contributed by atoms with E-state index in [4.69, 9.17) is 14.6 Å². The first-order valence-electron chi connectivity index (χ1n) is 9.09. The Kier molecular flexibility index (Phi) is 7.83. The van der Waals surface area contributed by atoms with Gasteiger partial charge in [-0.15, -0.1) is 0 Å². The van der Waals surface area contributed by atoms with Gasteiger partial charge in [0.2, 0.25) is 5.88 Å². The number of rotatable bonds is 4. The number of carbonyl (C=O) groups is 1. The van der Waals surface area contributed by atoms with Gasteiger partial charge in [0.1, 0.15) is 18.0 Å². The Morgan fingerprint density at radius 3 is 2.52 bits per heavy atom. The van der Waals surface area contributed by atoms with Crippen molar-refractivity contribution in [2.24, 2.45) is 0 Å². The van der Waals surface area contributed by atoms with E-state index < -0.39 is 17.7 Å². The number of carboxylic acids is 1. The van der Waals surface area contributed by atoms with Crippen LogP contribution in [0, 0.1) is 0 Å². The van der Waals surface area contributed by atoms with Gasteiger partial charge in [-0.1, -0.05) is 30.3 Å². The number of pyridine rings is 1. The van der Waals surface area contributed by atoms with Gasteiger partial charge >= 0.3 is 6.18 Å². The molecule has 1 saturated heterocycles. The van der Waals surface area contributed by atoms with E-state index in [0.29, 0.717) is 18.9 Å². The highest BCUT2D eigenvalue weighted by molar-refractivity contribution is 5.62. The van der Waals surface area contributed by atoms with Crippen LogP contribution in [-0.2, 0) is 17.6 Å². The lowest BCUT2D eigenvalue weighted by Gasteiger charge is -2.33. The number of hydrogen-bond donors (Lipinski definition) is 2. The molecule has 1 aromatic carbocycles. The molecule has 0 bridgehead atoms. The summed E-state index contributed by atoms with van der Waals surface area (Å²) in [5, 5.41) is 10.7. The molecule has 1 unspecified atom stereocenters. The molecule has 0 saturated carbocycles. The first kappa shape index (κ1) is 22.5. The molecule has 158 valence electrons. The van der Waals surface area contributed by atoms with Gasteiger partial charge in [0.25, 0.3) is 5.97 Å². The van der Waals surface area contributed by atoms with Crippen molar-refractivity contribution >= 4 is 11.8 Å². The number of halogens is 3. The molecule has 1 aliphatic rings. The molecule has 0 radical (unpaired) electrons. The molecule has 0 aliphatic carbocycles. The molecule has 9 heteroatoms. The van der Waals surface area contributed by atoms with Crippen LogP contribution in [0.2, 0.25) is 0 Å². The molecule has 1 fully saturated rings. The van der Waals surface area contributed by atoms with Gasteiger partial charge in [0.05, 0.1) is 0 Å². The molecule has 1 atom stereocenters. The summed E-state index contributed by atoms with van der Waals surface area (Å²) in [7, 11) is 0. The number of aromatic nitrogens is 1. The van der Waals surface area contributed by atoms with Crippen molar-refractivity contribution in [2.45, 2.75) is 32.7 Å². The highest BCUT2D eigenvalue weighted by Crippen LogP contribution is 2.36. The third kappa shape index (κ3) is 7.26. The van der Waals surface area contributed by atoms with Gasteiger partial charge in [-0.25, -0.2) is 0 Å². The predicted molar refractivity (Wildman–Crippen MR) is 103 cm³/mol. The first-order valence-corrected chi connectivity index (χ1v) is 9.09. The summed E-state index contributed by atoms with van der Waals surface area (Å²) in [6.07, 6.45) is -4.51. The molecule has 29 heavy (non-hydrogen) atoms. The van der Waals surface area contributed by atoms with Crippen molar-refractivity contribution in [1.82, 2.24) is 10.3 Å². The van der Waals surface area contributed by atoms with E-state index in [1.165, 1.54) is 6.07 Å². The third-order valence-electron chi connectivity index (χ3n) is 4.06. The summed E-state index contributed by atoms with van der Waals surface area (Å²) in [5.74, 6) is -0.704. The first-order chi connectivity index (χ1) is 13.7. The maximum atomic E-state index is 13.3. The van der Waals surface area contributed by atoms with Crippen LogP contribution < -0.4 is 15.0 Å². The molecule has 2 N–H and O–H groups in total. The predicted octanol–water partition coefficient (Wildman–Crippen LogP) is 3.57. The molecule has 2 aromatic rings. The van der Waals surface area contributed by atoms with Gasteiger partial charge < -0.3 is 20.1 Å². The van der Waals surface area contributed by atoms with Gasteiger partial charge in [0.15, 0.2) is 0 Å². The lowest BCUT2D eigenvalue weighted by Crippen LogP contribution is -2.49. The standard InChI is InChI=1S/C18H20F3N3O.C2H4O2/c1-13-11-24(10-9-22-13)16-8-7-15(18(19,20)21)17(23-16)25-12-14-5-3-2-4-6-14;1-2(3)4/h2-8,13,22H,9-12H2,1H3;1H3,(H,3,4). The second kappa shape index (κ2) is 10.1. The molecular weight excluding hydrogens is 387 g/mol. The molecule has 0 spiro atoms. The van der Waals surface area contributed by atoms with Crippen LogP contribution in [0.5, 0.6) is 5.88 Å². The molecule has 2 heterocycles. The number of nitrogens with zero attached hydrogens (tertiary/aromatic N) is 2. The minimum absolute atomic E-state index is 0.0400. The van der Waals surface area contributed by atoms with Crippen molar-refractivity contribution in [3.63, 3.8) is 0 Å². The zero-order valence-corrected chi connectivity index (χ0v) is 16.2. The fourth-order valence-corrected chi connectivity index (χ4v) is 2.80. The number of piperazine rings is 1.